The van der Waals surface area contributed by atoms with Crippen LogP contribution in [0, 0.1) is 0 Å². The fourth-order valence-electron chi connectivity index (χ4n) is 3.08. The molecule has 2 amide bonds. The first kappa shape index (κ1) is 22.1. The van der Waals surface area contributed by atoms with Crippen LogP contribution in [0.5, 0.6) is 0 Å². The van der Waals surface area contributed by atoms with Crippen LogP contribution in [0.3, 0.4) is 0 Å². The van der Waals surface area contributed by atoms with Crippen molar-refractivity contribution in [2.45, 2.75) is 13.1 Å². The first-order chi connectivity index (χ1) is 14.9. The number of carbonyl (C=O) groups excluding carboxylic acids is 2. The third-order valence-electron chi connectivity index (χ3n) is 4.73. The van der Waals surface area contributed by atoms with Gasteiger partial charge in [-0.2, -0.15) is 0 Å². The van der Waals surface area contributed by atoms with E-state index in [-0.39, 0.29) is 5.15 Å². The van der Waals surface area contributed by atoms with Crippen LogP contribution in [-0.2, 0) is 22.7 Å². The zero-order chi connectivity index (χ0) is 22.2. The number of hydrogen-bond donors (Lipinski definition) is 2. The smallest absolute Gasteiger partial charge is 0.312 e. The van der Waals surface area contributed by atoms with Crippen LogP contribution < -0.4 is 11.5 Å². The fraction of sp³-hybridized carbons (Fsp3) is 0.174. The standard InChI is InChI=1S/C18H18N2O2.C5H6ClN3/c21-17-18(22)20(14-16-9-5-2-6-10-16)12-11-19(17)13-15-7-3-1-4-8-15;6-5-3(7)1-2-4(8)9-5/h1-10H,11-14H2;1-2H,7H2,(H2,8,9). The van der Waals surface area contributed by atoms with Gasteiger partial charge in [0.15, 0.2) is 5.15 Å². The summed E-state index contributed by atoms with van der Waals surface area (Å²) in [5, 5.41) is 0.259. The number of carbonyl (C=O) groups is 2. The van der Waals surface area contributed by atoms with Gasteiger partial charge >= 0.3 is 11.8 Å². The molecule has 8 heteroatoms. The molecule has 0 spiro atoms. The summed E-state index contributed by atoms with van der Waals surface area (Å²) < 4.78 is 0. The molecule has 31 heavy (non-hydrogen) atoms. The molecule has 2 heterocycles. The number of pyridine rings is 1. The van der Waals surface area contributed by atoms with E-state index in [9.17, 15) is 9.59 Å². The van der Waals surface area contributed by atoms with Crippen molar-refractivity contribution < 1.29 is 9.59 Å². The van der Waals surface area contributed by atoms with Crippen LogP contribution >= 0.6 is 11.6 Å². The summed E-state index contributed by atoms with van der Waals surface area (Å²) in [5.41, 5.74) is 13.1. The molecule has 0 saturated carbocycles. The van der Waals surface area contributed by atoms with Crippen LogP contribution in [0.2, 0.25) is 5.15 Å². The van der Waals surface area contributed by atoms with E-state index >= 15 is 0 Å². The number of piperazine rings is 1. The lowest BCUT2D eigenvalue weighted by Gasteiger charge is -2.33. The number of amides is 2. The van der Waals surface area contributed by atoms with Crippen LogP contribution in [0.15, 0.2) is 72.8 Å². The van der Waals surface area contributed by atoms with E-state index in [0.29, 0.717) is 37.7 Å². The van der Waals surface area contributed by atoms with Crippen molar-refractivity contribution in [2.24, 2.45) is 0 Å². The van der Waals surface area contributed by atoms with Gasteiger partial charge in [0.2, 0.25) is 0 Å². The first-order valence-electron chi connectivity index (χ1n) is 9.77. The lowest BCUT2D eigenvalue weighted by atomic mass is 10.1. The molecule has 1 aliphatic heterocycles. The molecule has 0 radical (unpaired) electrons. The lowest BCUT2D eigenvalue weighted by molar-refractivity contribution is -0.156. The Bertz CT molecular complexity index is 971. The van der Waals surface area contributed by atoms with E-state index in [2.05, 4.69) is 4.98 Å². The molecular formula is C23H24ClN5O2. The topological polar surface area (TPSA) is 106 Å². The molecule has 160 valence electrons. The molecule has 1 fully saturated rings. The summed E-state index contributed by atoms with van der Waals surface area (Å²) in [6.07, 6.45) is 0. The van der Waals surface area contributed by atoms with E-state index in [1.54, 1.807) is 21.9 Å². The number of nitrogens with two attached hydrogens (primary N) is 2. The predicted octanol–water partition coefficient (Wildman–Crippen LogP) is 2.96. The van der Waals surface area contributed by atoms with Gasteiger partial charge in [0, 0.05) is 26.2 Å². The van der Waals surface area contributed by atoms with Gasteiger partial charge in [-0.05, 0) is 23.3 Å². The zero-order valence-electron chi connectivity index (χ0n) is 16.9. The molecule has 2 aromatic carbocycles. The fourth-order valence-corrected chi connectivity index (χ4v) is 3.24. The minimum Gasteiger partial charge on any atom is -0.396 e. The van der Waals surface area contributed by atoms with Gasteiger partial charge in [-0.1, -0.05) is 72.3 Å². The summed E-state index contributed by atoms with van der Waals surface area (Å²) in [6.45, 7) is 2.13. The van der Waals surface area contributed by atoms with Crippen LogP contribution in [0.4, 0.5) is 11.5 Å². The molecule has 0 atom stereocenters. The Balaban J connectivity index is 0.000000254. The van der Waals surface area contributed by atoms with Gasteiger partial charge in [0.25, 0.3) is 0 Å². The zero-order valence-corrected chi connectivity index (χ0v) is 17.7. The van der Waals surface area contributed by atoms with Crippen molar-refractivity contribution in [2.75, 3.05) is 24.6 Å². The Kier molecular flexibility index (Phi) is 7.45. The van der Waals surface area contributed by atoms with E-state index in [0.717, 1.165) is 11.1 Å². The van der Waals surface area contributed by atoms with Crippen molar-refractivity contribution in [3.05, 3.63) is 89.1 Å². The van der Waals surface area contributed by atoms with Crippen molar-refractivity contribution >= 4 is 34.9 Å². The lowest BCUT2D eigenvalue weighted by Crippen LogP contribution is -2.53. The maximum Gasteiger partial charge on any atom is 0.312 e. The van der Waals surface area contributed by atoms with Gasteiger partial charge in [0.05, 0.1) is 5.69 Å². The number of nitrogens with zero attached hydrogens (tertiary/aromatic N) is 3. The molecule has 4 N–H and O–H groups in total. The molecule has 3 aromatic rings. The highest BCUT2D eigenvalue weighted by Crippen LogP contribution is 2.16. The molecule has 0 unspecified atom stereocenters. The quantitative estimate of drug-likeness (QED) is 0.482. The number of anilines is 2. The third-order valence-corrected chi connectivity index (χ3v) is 5.03. The second-order valence-electron chi connectivity index (χ2n) is 7.04. The van der Waals surface area contributed by atoms with E-state index in [1.807, 2.05) is 60.7 Å². The average Bonchev–Trinajstić information content (AvgIpc) is 2.78. The minimum absolute atomic E-state index is 0.259. The normalized spacial score (nSPS) is 13.6. The number of aromatic nitrogens is 1. The van der Waals surface area contributed by atoms with E-state index in [4.69, 9.17) is 23.1 Å². The highest BCUT2D eigenvalue weighted by atomic mass is 35.5. The highest BCUT2D eigenvalue weighted by Gasteiger charge is 2.32. The molecule has 4 rings (SSSR count). The molecular weight excluding hydrogens is 414 g/mol. The largest absolute Gasteiger partial charge is 0.396 e. The predicted molar refractivity (Wildman–Crippen MR) is 122 cm³/mol. The molecule has 1 aliphatic rings. The highest BCUT2D eigenvalue weighted by molar-refractivity contribution is 6.35. The SMILES string of the molecule is Nc1ccc(N)c(Cl)n1.O=C1C(=O)N(Cc2ccccc2)CCN1Cc1ccccc1. The van der Waals surface area contributed by atoms with Crippen LogP contribution in [-0.4, -0.2) is 39.7 Å². The summed E-state index contributed by atoms with van der Waals surface area (Å²) in [7, 11) is 0. The maximum atomic E-state index is 12.3. The number of benzene rings is 2. The Labute approximate surface area is 186 Å². The number of hydrogen-bond acceptors (Lipinski definition) is 5. The number of halogens is 1. The monoisotopic (exact) mass is 437 g/mol. The average molecular weight is 438 g/mol. The molecule has 0 bridgehead atoms. The van der Waals surface area contributed by atoms with E-state index in [1.165, 1.54) is 0 Å². The summed E-state index contributed by atoms with van der Waals surface area (Å²) in [6, 6.07) is 22.7. The molecule has 1 saturated heterocycles. The van der Waals surface area contributed by atoms with Crippen molar-refractivity contribution in [3.63, 3.8) is 0 Å². The number of rotatable bonds is 4. The molecule has 0 aliphatic carbocycles. The van der Waals surface area contributed by atoms with Crippen molar-refractivity contribution in [3.8, 4) is 0 Å². The molecule has 1 aromatic heterocycles. The summed E-state index contributed by atoms with van der Waals surface area (Å²) in [4.78, 5) is 31.5. The van der Waals surface area contributed by atoms with Crippen LogP contribution in [0.25, 0.3) is 0 Å². The molecule has 7 nitrogen and oxygen atoms in total. The Morgan fingerprint density at radius 3 is 1.58 bits per heavy atom. The number of nitrogen functional groups attached to an aromatic ring is 2. The Morgan fingerprint density at radius 2 is 1.19 bits per heavy atom. The Morgan fingerprint density at radius 1 is 0.742 bits per heavy atom. The first-order valence-corrected chi connectivity index (χ1v) is 10.2. The van der Waals surface area contributed by atoms with Crippen molar-refractivity contribution in [1.29, 1.82) is 0 Å². The van der Waals surface area contributed by atoms with Gasteiger partial charge < -0.3 is 21.3 Å². The van der Waals surface area contributed by atoms with Gasteiger partial charge in [-0.25, -0.2) is 4.98 Å². The maximum absolute atomic E-state index is 12.3. The van der Waals surface area contributed by atoms with E-state index < -0.39 is 11.8 Å². The second kappa shape index (κ2) is 10.4. The van der Waals surface area contributed by atoms with Gasteiger partial charge in [0.1, 0.15) is 5.82 Å². The second-order valence-corrected chi connectivity index (χ2v) is 7.40. The third kappa shape index (κ3) is 6.20. The summed E-state index contributed by atoms with van der Waals surface area (Å²) >= 11 is 5.50. The minimum atomic E-state index is -0.411. The Hall–Kier alpha value is -3.58. The van der Waals surface area contributed by atoms with Gasteiger partial charge in [-0.15, -0.1) is 0 Å². The van der Waals surface area contributed by atoms with Gasteiger partial charge in [-0.3, -0.25) is 9.59 Å². The summed E-state index contributed by atoms with van der Waals surface area (Å²) in [5.74, 6) is -0.439. The van der Waals surface area contributed by atoms with Crippen LogP contribution in [0.1, 0.15) is 11.1 Å². The van der Waals surface area contributed by atoms with Crippen molar-refractivity contribution in [1.82, 2.24) is 14.8 Å².